The van der Waals surface area contributed by atoms with Crippen molar-refractivity contribution in [3.05, 3.63) is 24.8 Å². The predicted molar refractivity (Wildman–Crippen MR) is 114 cm³/mol. The van der Waals surface area contributed by atoms with Gasteiger partial charge in [-0.05, 0) is 82.1 Å². The number of hydrogen-bond acceptors (Lipinski definition) is 1. The number of rotatable bonds is 12. The molecule has 1 rings (SSSR count). The van der Waals surface area contributed by atoms with Crippen molar-refractivity contribution in [1.82, 2.24) is 0 Å². The molecule has 1 aromatic carbocycles. The lowest BCUT2D eigenvalue weighted by molar-refractivity contribution is 0.303. The number of aryl methyl sites for hydroxylation is 1. The first-order valence-corrected chi connectivity index (χ1v) is 11.0. The molecule has 0 atom stereocenters. The van der Waals surface area contributed by atoms with E-state index < -0.39 is 0 Å². The van der Waals surface area contributed by atoms with E-state index in [1.807, 2.05) is 0 Å². The molecule has 0 amide bonds. The molecular formula is C19H30I2O. The average molecular weight is 528 g/mol. The van der Waals surface area contributed by atoms with Crippen LogP contribution in [0.3, 0.4) is 0 Å². The summed E-state index contributed by atoms with van der Waals surface area (Å²) in [5.74, 6) is 1.07. The lowest BCUT2D eigenvalue weighted by Crippen LogP contribution is -2.01. The molecule has 0 saturated carbocycles. The Balaban J connectivity index is 2.42. The van der Waals surface area contributed by atoms with Gasteiger partial charge in [0.2, 0.25) is 0 Å². The van der Waals surface area contributed by atoms with Gasteiger partial charge in [0.15, 0.2) is 0 Å². The van der Waals surface area contributed by atoms with Gasteiger partial charge < -0.3 is 4.74 Å². The third kappa shape index (κ3) is 8.37. The molecule has 0 spiro atoms. The van der Waals surface area contributed by atoms with Gasteiger partial charge in [0.1, 0.15) is 5.75 Å². The Kier molecular flexibility index (Phi) is 12.0. The van der Waals surface area contributed by atoms with Crippen molar-refractivity contribution in [3.8, 4) is 5.75 Å². The number of ether oxygens (including phenoxy) is 1. The molecule has 0 bridgehead atoms. The summed E-state index contributed by atoms with van der Waals surface area (Å²) < 4.78 is 8.58. The lowest BCUT2D eigenvalue weighted by atomic mass is 10.1. The summed E-state index contributed by atoms with van der Waals surface area (Å²) in [5, 5.41) is 0. The fourth-order valence-electron chi connectivity index (χ4n) is 2.50. The van der Waals surface area contributed by atoms with Gasteiger partial charge in [0, 0.05) is 3.57 Å². The average Bonchev–Trinajstić information content (AvgIpc) is 2.51. The van der Waals surface area contributed by atoms with Crippen LogP contribution in [0, 0.1) is 7.14 Å². The molecule has 0 heterocycles. The Labute approximate surface area is 164 Å². The van der Waals surface area contributed by atoms with Crippen LogP contribution in [0.1, 0.15) is 77.2 Å². The normalized spacial score (nSPS) is 10.9. The Morgan fingerprint density at radius 2 is 1.41 bits per heavy atom. The molecule has 3 heteroatoms. The molecule has 126 valence electrons. The van der Waals surface area contributed by atoms with Crippen LogP contribution in [0.2, 0.25) is 0 Å². The van der Waals surface area contributed by atoms with Crippen LogP contribution in [0.15, 0.2) is 12.1 Å². The molecule has 1 aromatic rings. The zero-order chi connectivity index (χ0) is 16.2. The smallest absolute Gasteiger partial charge is 0.133 e. The maximum absolute atomic E-state index is 5.96. The molecule has 0 fully saturated rings. The predicted octanol–water partition coefficient (Wildman–Crippen LogP) is 7.37. The molecule has 22 heavy (non-hydrogen) atoms. The van der Waals surface area contributed by atoms with Crippen LogP contribution in [0.4, 0.5) is 0 Å². The zero-order valence-corrected chi connectivity index (χ0v) is 18.4. The van der Waals surface area contributed by atoms with E-state index in [1.54, 1.807) is 0 Å². The fraction of sp³-hybridized carbons (Fsp3) is 0.684. The maximum atomic E-state index is 5.96. The monoisotopic (exact) mass is 528 g/mol. The Morgan fingerprint density at radius 1 is 0.773 bits per heavy atom. The van der Waals surface area contributed by atoms with E-state index in [-0.39, 0.29) is 0 Å². The largest absolute Gasteiger partial charge is 0.492 e. The van der Waals surface area contributed by atoms with Gasteiger partial charge in [-0.1, -0.05) is 58.8 Å². The molecule has 0 aliphatic carbocycles. The van der Waals surface area contributed by atoms with E-state index >= 15 is 0 Å². The van der Waals surface area contributed by atoms with E-state index in [9.17, 15) is 0 Å². The Hall–Kier alpha value is 0.480. The third-order valence-electron chi connectivity index (χ3n) is 3.91. The van der Waals surface area contributed by atoms with E-state index in [0.29, 0.717) is 0 Å². The van der Waals surface area contributed by atoms with Crippen LogP contribution in [-0.2, 0) is 6.42 Å². The van der Waals surface area contributed by atoms with Crippen LogP contribution < -0.4 is 4.74 Å². The van der Waals surface area contributed by atoms with Crippen LogP contribution in [-0.4, -0.2) is 6.61 Å². The van der Waals surface area contributed by atoms with Crippen molar-refractivity contribution < 1.29 is 4.74 Å². The second kappa shape index (κ2) is 12.8. The molecule has 1 nitrogen and oxygen atoms in total. The van der Waals surface area contributed by atoms with Gasteiger partial charge in [0.05, 0.1) is 10.2 Å². The second-order valence-electron chi connectivity index (χ2n) is 5.95. The van der Waals surface area contributed by atoms with Gasteiger partial charge in [-0.25, -0.2) is 0 Å². The van der Waals surface area contributed by atoms with Crippen LogP contribution in [0.25, 0.3) is 0 Å². The van der Waals surface area contributed by atoms with Gasteiger partial charge in [-0.2, -0.15) is 0 Å². The summed E-state index contributed by atoms with van der Waals surface area (Å²) >= 11 is 4.88. The summed E-state index contributed by atoms with van der Waals surface area (Å²) in [6.45, 7) is 5.36. The molecule has 0 saturated heterocycles. The molecule has 0 aromatic heterocycles. The number of benzene rings is 1. The molecule has 0 unspecified atom stereocenters. The van der Waals surface area contributed by atoms with E-state index in [0.717, 1.165) is 12.4 Å². The molecule has 0 aliphatic rings. The summed E-state index contributed by atoms with van der Waals surface area (Å²) in [4.78, 5) is 0. The Bertz CT molecular complexity index is 378. The lowest BCUT2D eigenvalue weighted by Gasteiger charge is -2.12. The van der Waals surface area contributed by atoms with Crippen molar-refractivity contribution in [3.63, 3.8) is 0 Å². The number of hydrogen-bond donors (Lipinski definition) is 0. The second-order valence-corrected chi connectivity index (χ2v) is 8.27. The highest BCUT2D eigenvalue weighted by Gasteiger charge is 2.08. The fourth-order valence-corrected chi connectivity index (χ4v) is 3.90. The van der Waals surface area contributed by atoms with Crippen molar-refractivity contribution in [2.45, 2.75) is 78.1 Å². The summed E-state index contributed by atoms with van der Waals surface area (Å²) in [6, 6.07) is 4.55. The summed E-state index contributed by atoms with van der Waals surface area (Å²) in [6.07, 6.45) is 13.0. The van der Waals surface area contributed by atoms with Gasteiger partial charge in [-0.3, -0.25) is 0 Å². The first-order valence-electron chi connectivity index (χ1n) is 8.79. The van der Waals surface area contributed by atoms with Gasteiger partial charge >= 0.3 is 0 Å². The van der Waals surface area contributed by atoms with Gasteiger partial charge in [-0.15, -0.1) is 0 Å². The van der Waals surface area contributed by atoms with Crippen molar-refractivity contribution >= 4 is 45.2 Å². The minimum atomic E-state index is 0.850. The number of unbranched alkanes of at least 4 members (excludes halogenated alkanes) is 7. The summed E-state index contributed by atoms with van der Waals surface area (Å²) in [5.41, 5.74) is 1.49. The minimum absolute atomic E-state index is 0.850. The highest BCUT2D eigenvalue weighted by molar-refractivity contribution is 14.1. The first-order chi connectivity index (χ1) is 10.7. The minimum Gasteiger partial charge on any atom is -0.492 e. The molecule has 0 radical (unpaired) electrons. The van der Waals surface area contributed by atoms with Crippen molar-refractivity contribution in [1.29, 1.82) is 0 Å². The van der Waals surface area contributed by atoms with E-state index in [2.05, 4.69) is 71.2 Å². The molecular weight excluding hydrogens is 498 g/mol. The highest BCUT2D eigenvalue weighted by Crippen LogP contribution is 2.28. The third-order valence-corrected chi connectivity index (χ3v) is 5.75. The molecule has 0 N–H and O–H groups in total. The number of halogens is 2. The van der Waals surface area contributed by atoms with E-state index in [4.69, 9.17) is 4.74 Å². The summed E-state index contributed by atoms with van der Waals surface area (Å²) in [7, 11) is 0. The van der Waals surface area contributed by atoms with Gasteiger partial charge in [0.25, 0.3) is 0 Å². The molecule has 0 aliphatic heterocycles. The zero-order valence-electron chi connectivity index (χ0n) is 14.1. The topological polar surface area (TPSA) is 9.23 Å². The van der Waals surface area contributed by atoms with Crippen LogP contribution in [0.5, 0.6) is 5.75 Å². The standard InChI is InChI=1S/C19H30I2O/c1-3-5-7-9-10-12-16-14-18(21)19(15-17(16)20)22-13-11-8-6-4-2/h14-15H,3-13H2,1-2H3. The SMILES string of the molecule is CCCCCCCc1cc(I)c(OCCCCCC)cc1I. The van der Waals surface area contributed by atoms with Crippen molar-refractivity contribution in [2.24, 2.45) is 0 Å². The Morgan fingerprint density at radius 3 is 2.09 bits per heavy atom. The van der Waals surface area contributed by atoms with E-state index in [1.165, 1.54) is 76.9 Å². The highest BCUT2D eigenvalue weighted by atomic mass is 127. The maximum Gasteiger partial charge on any atom is 0.133 e. The van der Waals surface area contributed by atoms with Crippen LogP contribution >= 0.6 is 45.2 Å². The first kappa shape index (κ1) is 20.5. The van der Waals surface area contributed by atoms with Crippen molar-refractivity contribution in [2.75, 3.05) is 6.61 Å². The quantitative estimate of drug-likeness (QED) is 0.204.